The minimum atomic E-state index is -2.94. The highest BCUT2D eigenvalue weighted by Crippen LogP contribution is 2.28. The molecule has 0 aliphatic rings. The Labute approximate surface area is 159 Å². The number of anilines is 1. The average molecular weight is 388 g/mol. The first-order valence-corrected chi connectivity index (χ1v) is 8.45. The molecule has 0 unspecified atom stereocenters. The molecule has 1 aromatic heterocycles. The summed E-state index contributed by atoms with van der Waals surface area (Å²) in [5.41, 5.74) is 3.73. The number of rotatable bonds is 7. The molecular formula is C19H18F2N4O3. The summed E-state index contributed by atoms with van der Waals surface area (Å²) in [6.45, 7) is -0.693. The zero-order valence-corrected chi connectivity index (χ0v) is 15.2. The van der Waals surface area contributed by atoms with E-state index in [1.54, 1.807) is 30.3 Å². The van der Waals surface area contributed by atoms with Crippen molar-refractivity contribution in [2.45, 2.75) is 20.1 Å². The molecule has 146 valence electrons. The number of benzene rings is 2. The van der Waals surface area contributed by atoms with Crippen LogP contribution in [0.25, 0.3) is 10.9 Å². The molecule has 0 aliphatic carbocycles. The van der Waals surface area contributed by atoms with Crippen molar-refractivity contribution in [3.63, 3.8) is 0 Å². The summed E-state index contributed by atoms with van der Waals surface area (Å²) in [6, 6.07) is 11.5. The summed E-state index contributed by atoms with van der Waals surface area (Å²) in [7, 11) is 1.35. The molecule has 0 aliphatic heterocycles. The topological polar surface area (TPSA) is 77.7 Å². The third-order valence-corrected chi connectivity index (χ3v) is 3.96. The Kier molecular flexibility index (Phi) is 5.83. The van der Waals surface area contributed by atoms with E-state index in [-0.39, 0.29) is 17.1 Å². The molecular weight excluding hydrogens is 370 g/mol. The fourth-order valence-corrected chi connectivity index (χ4v) is 2.67. The lowest BCUT2D eigenvalue weighted by Gasteiger charge is -2.11. The molecule has 1 heterocycles. The van der Waals surface area contributed by atoms with Gasteiger partial charge in [0, 0.05) is 6.54 Å². The first-order chi connectivity index (χ1) is 13.5. The fraction of sp³-hybridized carbons (Fsp3) is 0.211. The molecule has 3 rings (SSSR count). The van der Waals surface area contributed by atoms with Crippen molar-refractivity contribution in [2.75, 3.05) is 12.5 Å². The number of aromatic nitrogens is 2. The quantitative estimate of drug-likeness (QED) is 0.495. The zero-order chi connectivity index (χ0) is 20.1. The van der Waals surface area contributed by atoms with E-state index in [2.05, 4.69) is 20.2 Å². The number of hydrogen-bond donors (Lipinski definition) is 1. The van der Waals surface area contributed by atoms with Crippen molar-refractivity contribution in [2.24, 2.45) is 5.10 Å². The van der Waals surface area contributed by atoms with Crippen LogP contribution >= 0.6 is 0 Å². The Morgan fingerprint density at radius 1 is 1.25 bits per heavy atom. The van der Waals surface area contributed by atoms with Crippen LogP contribution in [0.3, 0.4) is 0 Å². The van der Waals surface area contributed by atoms with Gasteiger partial charge in [0.25, 0.3) is 5.56 Å². The number of alkyl halides is 2. The van der Waals surface area contributed by atoms with E-state index in [0.717, 1.165) is 0 Å². The second-order valence-corrected chi connectivity index (χ2v) is 5.66. The smallest absolute Gasteiger partial charge is 0.387 e. The summed E-state index contributed by atoms with van der Waals surface area (Å²) in [4.78, 5) is 17.0. The number of fused-ring (bicyclic) bond motifs is 1. The summed E-state index contributed by atoms with van der Waals surface area (Å²) in [5, 5.41) is 4.62. The van der Waals surface area contributed by atoms with Gasteiger partial charge >= 0.3 is 6.61 Å². The van der Waals surface area contributed by atoms with Crippen LogP contribution in [0.5, 0.6) is 11.5 Å². The van der Waals surface area contributed by atoms with Crippen molar-refractivity contribution in [3.8, 4) is 11.5 Å². The molecule has 3 aromatic rings. The Balaban J connectivity index is 1.86. The number of methoxy groups -OCH3 is 1. The maximum Gasteiger partial charge on any atom is 0.387 e. The molecule has 7 nitrogen and oxygen atoms in total. The van der Waals surface area contributed by atoms with Gasteiger partial charge in [-0.15, -0.1) is 0 Å². The van der Waals surface area contributed by atoms with Crippen LogP contribution in [0.2, 0.25) is 0 Å². The summed E-state index contributed by atoms with van der Waals surface area (Å²) in [6.07, 6.45) is 1.45. The minimum Gasteiger partial charge on any atom is -0.493 e. The van der Waals surface area contributed by atoms with Gasteiger partial charge in [0.2, 0.25) is 5.95 Å². The van der Waals surface area contributed by atoms with E-state index in [9.17, 15) is 13.6 Å². The van der Waals surface area contributed by atoms with E-state index in [0.29, 0.717) is 29.0 Å². The number of nitrogens with zero attached hydrogens (tertiary/aromatic N) is 3. The number of hydrazone groups is 1. The van der Waals surface area contributed by atoms with Gasteiger partial charge in [-0.3, -0.25) is 9.36 Å². The number of hydrogen-bond acceptors (Lipinski definition) is 6. The Hall–Kier alpha value is -3.49. The van der Waals surface area contributed by atoms with Crippen molar-refractivity contribution < 1.29 is 18.3 Å². The van der Waals surface area contributed by atoms with Gasteiger partial charge < -0.3 is 9.47 Å². The zero-order valence-electron chi connectivity index (χ0n) is 15.2. The minimum absolute atomic E-state index is 0.0707. The maximum atomic E-state index is 12.6. The number of halogens is 2. The number of nitrogens with one attached hydrogen (secondary N) is 1. The van der Waals surface area contributed by atoms with Crippen LogP contribution in [-0.4, -0.2) is 29.5 Å². The maximum absolute atomic E-state index is 12.6. The summed E-state index contributed by atoms with van der Waals surface area (Å²) < 4.78 is 35.7. The van der Waals surface area contributed by atoms with E-state index < -0.39 is 6.61 Å². The van der Waals surface area contributed by atoms with Crippen molar-refractivity contribution in [3.05, 3.63) is 58.4 Å². The van der Waals surface area contributed by atoms with E-state index in [1.807, 2.05) is 6.92 Å². The predicted molar refractivity (Wildman–Crippen MR) is 103 cm³/mol. The summed E-state index contributed by atoms with van der Waals surface area (Å²) >= 11 is 0. The highest BCUT2D eigenvalue weighted by atomic mass is 19.3. The standard InChI is InChI=1S/C19H18F2N4O3/c1-3-25-17(26)13-6-4-5-7-14(13)23-19(25)24-22-11-12-8-9-15(28-18(20)21)16(10-12)27-2/h4-11,18H,3H2,1-2H3,(H,23,24)/b22-11-. The Bertz CT molecular complexity index is 1070. The largest absolute Gasteiger partial charge is 0.493 e. The lowest BCUT2D eigenvalue weighted by Crippen LogP contribution is -2.23. The molecule has 0 bridgehead atoms. The molecule has 0 atom stereocenters. The van der Waals surface area contributed by atoms with Crippen molar-refractivity contribution >= 4 is 23.1 Å². The Morgan fingerprint density at radius 3 is 2.75 bits per heavy atom. The fourth-order valence-electron chi connectivity index (χ4n) is 2.67. The molecule has 0 saturated heterocycles. The van der Waals surface area contributed by atoms with Crippen LogP contribution in [-0.2, 0) is 6.54 Å². The van der Waals surface area contributed by atoms with Gasteiger partial charge in [0.05, 0.1) is 24.2 Å². The van der Waals surface area contributed by atoms with Gasteiger partial charge in [-0.05, 0) is 42.8 Å². The highest BCUT2D eigenvalue weighted by molar-refractivity contribution is 5.82. The molecule has 2 aromatic carbocycles. The molecule has 28 heavy (non-hydrogen) atoms. The molecule has 0 radical (unpaired) electrons. The van der Waals surface area contributed by atoms with Crippen LogP contribution < -0.4 is 20.5 Å². The second kappa shape index (κ2) is 8.47. The van der Waals surface area contributed by atoms with Crippen molar-refractivity contribution in [1.29, 1.82) is 0 Å². The lowest BCUT2D eigenvalue weighted by atomic mass is 10.2. The lowest BCUT2D eigenvalue weighted by molar-refractivity contribution is -0.0512. The van der Waals surface area contributed by atoms with Crippen LogP contribution in [0, 0.1) is 0 Å². The van der Waals surface area contributed by atoms with Gasteiger partial charge in [-0.2, -0.15) is 13.9 Å². The van der Waals surface area contributed by atoms with Gasteiger partial charge in [0.15, 0.2) is 11.5 Å². The predicted octanol–water partition coefficient (Wildman–Crippen LogP) is 3.47. The molecule has 0 spiro atoms. The van der Waals surface area contributed by atoms with Crippen LogP contribution in [0.15, 0.2) is 52.4 Å². The molecule has 1 N–H and O–H groups in total. The average Bonchev–Trinajstić information content (AvgIpc) is 2.69. The number of para-hydroxylation sites is 1. The third kappa shape index (κ3) is 4.08. The molecule has 9 heteroatoms. The monoisotopic (exact) mass is 388 g/mol. The van der Waals surface area contributed by atoms with E-state index in [4.69, 9.17) is 4.74 Å². The van der Waals surface area contributed by atoms with Gasteiger partial charge in [0.1, 0.15) is 0 Å². The normalized spacial score (nSPS) is 11.3. The van der Waals surface area contributed by atoms with Gasteiger partial charge in [-0.1, -0.05) is 12.1 Å². The molecule has 0 saturated carbocycles. The first kappa shape index (κ1) is 19.3. The van der Waals surface area contributed by atoms with E-state index in [1.165, 1.54) is 30.0 Å². The van der Waals surface area contributed by atoms with Crippen LogP contribution in [0.1, 0.15) is 12.5 Å². The highest BCUT2D eigenvalue weighted by Gasteiger charge is 2.11. The molecule has 0 amide bonds. The van der Waals surface area contributed by atoms with Crippen molar-refractivity contribution in [1.82, 2.24) is 9.55 Å². The molecule has 0 fully saturated rings. The third-order valence-electron chi connectivity index (χ3n) is 3.96. The van der Waals surface area contributed by atoms with Gasteiger partial charge in [-0.25, -0.2) is 10.4 Å². The summed E-state index contributed by atoms with van der Waals surface area (Å²) in [5.74, 6) is 0.379. The second-order valence-electron chi connectivity index (χ2n) is 5.66. The van der Waals surface area contributed by atoms with E-state index >= 15 is 0 Å². The first-order valence-electron chi connectivity index (χ1n) is 8.45. The SMILES string of the molecule is CCn1c(N/N=C\c2ccc(OC(F)F)c(OC)c2)nc2ccccc2c1=O. The number of ether oxygens (including phenoxy) is 2. The Morgan fingerprint density at radius 2 is 2.04 bits per heavy atom. The van der Waals surface area contributed by atoms with Crippen LogP contribution in [0.4, 0.5) is 14.7 Å².